The molecule has 16 heavy (non-hydrogen) atoms. The number of rotatable bonds is 4. The van der Waals surface area contributed by atoms with E-state index in [1.165, 1.54) is 11.3 Å². The largest absolute Gasteiger partial charge is 2.00 e. The molecule has 0 aromatic heterocycles. The van der Waals surface area contributed by atoms with Crippen LogP contribution in [0, 0.1) is 6.07 Å². The van der Waals surface area contributed by atoms with E-state index in [2.05, 4.69) is 56.9 Å². The number of nitrogens with zero attached hydrogens (tertiary/aromatic N) is 1. The van der Waals surface area contributed by atoms with E-state index in [1.54, 1.807) is 0 Å². The molecule has 0 aliphatic heterocycles. The van der Waals surface area contributed by atoms with Gasteiger partial charge in [-0.05, 0) is 19.8 Å². The van der Waals surface area contributed by atoms with Crippen molar-refractivity contribution in [1.29, 1.82) is 0 Å². The molecule has 0 fully saturated rings. The average molecular weight is 295 g/mol. The van der Waals surface area contributed by atoms with Gasteiger partial charge in [-0.1, -0.05) is 19.5 Å². The topological polar surface area (TPSA) is 3.24 Å². The smallest absolute Gasteiger partial charge is 1.00 e. The molecule has 0 saturated heterocycles. The van der Waals surface area contributed by atoms with Gasteiger partial charge in [0.2, 0.25) is 0 Å². The summed E-state index contributed by atoms with van der Waals surface area (Å²) >= 11 is 0. The molecule has 0 aliphatic carbocycles. The Morgan fingerprint density at radius 3 is 2.19 bits per heavy atom. The van der Waals surface area contributed by atoms with Gasteiger partial charge in [-0.15, -0.1) is 6.07 Å². The summed E-state index contributed by atoms with van der Waals surface area (Å²) in [4.78, 5) is 2.33. The van der Waals surface area contributed by atoms with Gasteiger partial charge in [-0.2, -0.15) is 23.8 Å². The predicted octanol–water partition coefficient (Wildman–Crippen LogP) is 0.0796. The van der Waals surface area contributed by atoms with Gasteiger partial charge in [0.25, 0.3) is 0 Å². The Morgan fingerprint density at radius 1 is 1.19 bits per heavy atom. The SMILES string of the molecule is CCN(CC)c1[c-]c(C(C)C)ccc1.[Br-].[Mg+2]. The van der Waals surface area contributed by atoms with Crippen molar-refractivity contribution in [3.8, 4) is 0 Å². The summed E-state index contributed by atoms with van der Waals surface area (Å²) in [5.41, 5.74) is 2.52. The van der Waals surface area contributed by atoms with Crippen LogP contribution in [0.15, 0.2) is 18.2 Å². The summed E-state index contributed by atoms with van der Waals surface area (Å²) in [6.45, 7) is 10.9. The summed E-state index contributed by atoms with van der Waals surface area (Å²) < 4.78 is 0. The second-order valence-corrected chi connectivity index (χ2v) is 3.82. The summed E-state index contributed by atoms with van der Waals surface area (Å²) in [6, 6.07) is 9.88. The summed E-state index contributed by atoms with van der Waals surface area (Å²) in [5.74, 6) is 0.561. The minimum atomic E-state index is 0. The van der Waals surface area contributed by atoms with Crippen LogP contribution in [-0.4, -0.2) is 36.1 Å². The van der Waals surface area contributed by atoms with Crippen LogP contribution in [0.2, 0.25) is 0 Å². The van der Waals surface area contributed by atoms with Crippen LogP contribution >= 0.6 is 0 Å². The maximum atomic E-state index is 3.47. The zero-order chi connectivity index (χ0) is 10.6. The van der Waals surface area contributed by atoms with Crippen molar-refractivity contribution in [2.45, 2.75) is 33.6 Å². The fourth-order valence-corrected chi connectivity index (χ4v) is 1.56. The third-order valence-electron chi connectivity index (χ3n) is 2.53. The van der Waals surface area contributed by atoms with Crippen molar-refractivity contribution < 1.29 is 17.0 Å². The molecule has 1 aromatic carbocycles. The summed E-state index contributed by atoms with van der Waals surface area (Å²) in [5, 5.41) is 0. The Hall–Kier alpha value is 0.266. The second-order valence-electron chi connectivity index (χ2n) is 3.82. The zero-order valence-electron chi connectivity index (χ0n) is 10.8. The monoisotopic (exact) mass is 293 g/mol. The molecule has 0 amide bonds. The number of anilines is 1. The van der Waals surface area contributed by atoms with E-state index in [0.717, 1.165) is 13.1 Å². The normalized spacial score (nSPS) is 9.31. The van der Waals surface area contributed by atoms with Gasteiger partial charge in [0.05, 0.1) is 0 Å². The fraction of sp³-hybridized carbons (Fsp3) is 0.538. The minimum absolute atomic E-state index is 0. The van der Waals surface area contributed by atoms with Crippen molar-refractivity contribution in [2.75, 3.05) is 18.0 Å². The van der Waals surface area contributed by atoms with Crippen LogP contribution in [-0.2, 0) is 0 Å². The van der Waals surface area contributed by atoms with Crippen LogP contribution in [0.4, 0.5) is 5.69 Å². The molecular weight excluding hydrogens is 274 g/mol. The van der Waals surface area contributed by atoms with Gasteiger partial charge in [-0.25, -0.2) is 0 Å². The fourth-order valence-electron chi connectivity index (χ4n) is 1.56. The van der Waals surface area contributed by atoms with Crippen LogP contribution in [0.1, 0.15) is 39.2 Å². The molecule has 0 radical (unpaired) electrons. The van der Waals surface area contributed by atoms with E-state index < -0.39 is 0 Å². The first-order valence-corrected chi connectivity index (χ1v) is 5.46. The molecule has 1 nitrogen and oxygen atoms in total. The maximum Gasteiger partial charge on any atom is 2.00 e. The maximum absolute atomic E-state index is 3.47. The second kappa shape index (κ2) is 9.31. The molecule has 0 saturated carbocycles. The van der Waals surface area contributed by atoms with E-state index in [-0.39, 0.29) is 40.0 Å². The van der Waals surface area contributed by atoms with E-state index in [1.807, 2.05) is 0 Å². The van der Waals surface area contributed by atoms with Crippen LogP contribution in [0.25, 0.3) is 0 Å². The first-order chi connectivity index (χ1) is 6.69. The quantitative estimate of drug-likeness (QED) is 0.562. The standard InChI is InChI=1S/C13H20N.BrH.Mg/c1-5-14(6-2)13-9-7-8-12(10-13)11(3)4;;/h7-9,11H,5-6H2,1-4H3;1H;/q-1;;+2/p-1. The number of benzene rings is 1. The summed E-state index contributed by atoms with van der Waals surface area (Å²) in [6.07, 6.45) is 0. The van der Waals surface area contributed by atoms with Crippen molar-refractivity contribution in [3.05, 3.63) is 29.8 Å². The Morgan fingerprint density at radius 2 is 1.75 bits per heavy atom. The molecule has 86 valence electrons. The molecule has 3 heteroatoms. The Kier molecular flexibility index (Phi) is 10.8. The third kappa shape index (κ3) is 5.06. The van der Waals surface area contributed by atoms with Gasteiger partial charge in [0.15, 0.2) is 0 Å². The van der Waals surface area contributed by atoms with Crippen molar-refractivity contribution in [2.24, 2.45) is 0 Å². The number of hydrogen-bond donors (Lipinski definition) is 0. The van der Waals surface area contributed by atoms with Gasteiger partial charge in [-0.3, -0.25) is 0 Å². The molecule has 0 N–H and O–H groups in total. The van der Waals surface area contributed by atoms with Gasteiger partial charge in [0.1, 0.15) is 0 Å². The molecule has 0 heterocycles. The van der Waals surface area contributed by atoms with Crippen LogP contribution in [0.5, 0.6) is 0 Å². The molecule has 0 unspecified atom stereocenters. The number of hydrogen-bond acceptors (Lipinski definition) is 1. The molecule has 0 bridgehead atoms. The Labute approximate surface area is 127 Å². The van der Waals surface area contributed by atoms with Gasteiger partial charge >= 0.3 is 23.1 Å². The molecule has 0 atom stereocenters. The average Bonchev–Trinajstić information content (AvgIpc) is 2.20. The molecule has 0 spiro atoms. The molecule has 1 rings (SSSR count). The van der Waals surface area contributed by atoms with Gasteiger partial charge < -0.3 is 21.9 Å². The predicted molar refractivity (Wildman–Crippen MR) is 68.7 cm³/mol. The molecule has 1 aromatic rings. The van der Waals surface area contributed by atoms with E-state index in [4.69, 9.17) is 0 Å². The van der Waals surface area contributed by atoms with E-state index >= 15 is 0 Å². The van der Waals surface area contributed by atoms with E-state index in [0.29, 0.717) is 5.92 Å². The first-order valence-electron chi connectivity index (χ1n) is 5.46. The van der Waals surface area contributed by atoms with Gasteiger partial charge in [0, 0.05) is 13.1 Å². The third-order valence-corrected chi connectivity index (χ3v) is 2.53. The van der Waals surface area contributed by atoms with Crippen molar-refractivity contribution in [1.82, 2.24) is 0 Å². The number of halogens is 1. The minimum Gasteiger partial charge on any atom is -1.00 e. The molecule has 0 aliphatic rings. The van der Waals surface area contributed by atoms with Crippen LogP contribution in [0.3, 0.4) is 0 Å². The van der Waals surface area contributed by atoms with Crippen molar-refractivity contribution in [3.63, 3.8) is 0 Å². The first kappa shape index (κ1) is 18.6. The van der Waals surface area contributed by atoms with Crippen LogP contribution < -0.4 is 21.9 Å². The van der Waals surface area contributed by atoms with Crippen molar-refractivity contribution >= 4 is 28.7 Å². The van der Waals surface area contributed by atoms with E-state index in [9.17, 15) is 0 Å². The Balaban J connectivity index is 0. The zero-order valence-corrected chi connectivity index (χ0v) is 13.8. The summed E-state index contributed by atoms with van der Waals surface area (Å²) in [7, 11) is 0. The Bertz CT molecular complexity index is 285. The molecular formula is C13H20BrMgN.